The Morgan fingerprint density at radius 1 is 1.20 bits per heavy atom. The Kier molecular flexibility index (Phi) is 2.84. The predicted octanol–water partition coefficient (Wildman–Crippen LogP) is -0.0747. The van der Waals surface area contributed by atoms with Gasteiger partial charge in [0.1, 0.15) is 11.5 Å². The van der Waals surface area contributed by atoms with Crippen LogP contribution in [-0.2, 0) is 9.59 Å². The number of carbonyl (C=O) groups is 2. The Hall–Kier alpha value is -2.18. The molecular formula is C13H15N3O4. The molecule has 0 radical (unpaired) electrons. The summed E-state index contributed by atoms with van der Waals surface area (Å²) in [5, 5.41) is 2.55. The zero-order valence-electron chi connectivity index (χ0n) is 11.0. The molecule has 7 nitrogen and oxygen atoms in total. The largest absolute Gasteiger partial charge is 0.326 e. The van der Waals surface area contributed by atoms with Gasteiger partial charge in [-0.25, -0.2) is 4.79 Å². The number of aromatic amines is 2. The van der Waals surface area contributed by atoms with Gasteiger partial charge < -0.3 is 10.3 Å². The molecule has 20 heavy (non-hydrogen) atoms. The lowest BCUT2D eigenvalue weighted by Crippen LogP contribution is -2.35. The lowest BCUT2D eigenvalue weighted by molar-refractivity contribution is -0.130. The van der Waals surface area contributed by atoms with Gasteiger partial charge in [-0.1, -0.05) is 0 Å². The lowest BCUT2D eigenvalue weighted by atomic mass is 9.87. The van der Waals surface area contributed by atoms with Crippen LogP contribution in [-0.4, -0.2) is 21.7 Å². The topological polar surface area (TPSA) is 112 Å². The van der Waals surface area contributed by atoms with Gasteiger partial charge in [0.15, 0.2) is 0 Å². The summed E-state index contributed by atoms with van der Waals surface area (Å²) in [6.07, 6.45) is 2.05. The number of hydrogen-bond acceptors (Lipinski definition) is 4. The Bertz CT molecular complexity index is 702. The number of fused-ring (bicyclic) bond motifs is 2. The van der Waals surface area contributed by atoms with Gasteiger partial charge >= 0.3 is 5.69 Å². The summed E-state index contributed by atoms with van der Waals surface area (Å²) in [5.74, 6) is -0.424. The number of amides is 1. The number of hydrogen-bond donors (Lipinski definition) is 3. The van der Waals surface area contributed by atoms with Gasteiger partial charge in [-0.3, -0.25) is 19.4 Å². The zero-order valence-corrected chi connectivity index (χ0v) is 11.0. The third-order valence-electron chi connectivity index (χ3n) is 4.28. The number of H-pyrrole nitrogens is 2. The third kappa shape index (κ3) is 1.99. The predicted molar refractivity (Wildman–Crippen MR) is 70.4 cm³/mol. The fraction of sp³-hybridized carbons (Fsp3) is 0.538. The number of rotatable bonds is 2. The maximum Gasteiger partial charge on any atom is 0.326 e. The van der Waals surface area contributed by atoms with E-state index >= 15 is 0 Å². The van der Waals surface area contributed by atoms with Crippen LogP contribution in [0.3, 0.4) is 0 Å². The van der Waals surface area contributed by atoms with Crippen molar-refractivity contribution >= 4 is 17.4 Å². The molecule has 1 amide bonds. The first-order valence-corrected chi connectivity index (χ1v) is 6.62. The van der Waals surface area contributed by atoms with Crippen LogP contribution in [0, 0.1) is 24.7 Å². The molecule has 3 N–H and O–H groups in total. The number of Topliss-reactive ketones (excluding diaryl/α,β-unsaturated/α-hetero) is 1. The molecule has 2 saturated carbocycles. The molecule has 1 heterocycles. The number of anilines is 1. The van der Waals surface area contributed by atoms with Crippen molar-refractivity contribution in [2.24, 2.45) is 17.8 Å². The summed E-state index contributed by atoms with van der Waals surface area (Å²) >= 11 is 0. The average Bonchev–Trinajstić information content (AvgIpc) is 2.92. The summed E-state index contributed by atoms with van der Waals surface area (Å²) in [6, 6.07) is 0. The van der Waals surface area contributed by atoms with Crippen LogP contribution < -0.4 is 16.6 Å². The molecule has 2 fully saturated rings. The smallest absolute Gasteiger partial charge is 0.320 e. The molecule has 7 heteroatoms. The SMILES string of the molecule is Cc1[nH]c(=O)[nH]c(=O)c1NC(=O)C1C[C@H]2CC(=O)[C@@H]1C2. The van der Waals surface area contributed by atoms with Gasteiger partial charge in [0.25, 0.3) is 5.56 Å². The Morgan fingerprint density at radius 2 is 1.95 bits per heavy atom. The van der Waals surface area contributed by atoms with Gasteiger partial charge in [0.2, 0.25) is 5.91 Å². The van der Waals surface area contributed by atoms with Gasteiger partial charge in [0, 0.05) is 24.0 Å². The standard InChI is InChI=1S/C13H15N3O4/c1-5-10(12(19)16-13(20)14-5)15-11(18)8-3-6-2-7(8)9(17)4-6/h6-8H,2-4H2,1H3,(H,15,18)(H2,14,16,19,20)/t6-,7+,8?/m0/s1. The van der Waals surface area contributed by atoms with E-state index in [1.54, 1.807) is 0 Å². The highest BCUT2D eigenvalue weighted by Gasteiger charge is 2.48. The summed E-state index contributed by atoms with van der Waals surface area (Å²) in [7, 11) is 0. The summed E-state index contributed by atoms with van der Waals surface area (Å²) in [4.78, 5) is 51.2. The Balaban J connectivity index is 1.82. The maximum atomic E-state index is 12.2. The summed E-state index contributed by atoms with van der Waals surface area (Å²) in [6.45, 7) is 1.54. The molecule has 1 aromatic heterocycles. The van der Waals surface area contributed by atoms with E-state index < -0.39 is 11.2 Å². The average molecular weight is 277 g/mol. The van der Waals surface area contributed by atoms with Gasteiger partial charge in [0.05, 0.1) is 0 Å². The van der Waals surface area contributed by atoms with Gasteiger partial charge in [-0.05, 0) is 25.7 Å². The van der Waals surface area contributed by atoms with E-state index in [1.165, 1.54) is 6.92 Å². The molecule has 106 valence electrons. The zero-order chi connectivity index (χ0) is 14.4. The third-order valence-corrected chi connectivity index (χ3v) is 4.28. The maximum absolute atomic E-state index is 12.2. The van der Waals surface area contributed by atoms with Crippen molar-refractivity contribution in [1.82, 2.24) is 9.97 Å². The van der Waals surface area contributed by atoms with Crippen LogP contribution >= 0.6 is 0 Å². The fourth-order valence-electron chi connectivity index (χ4n) is 3.36. The van der Waals surface area contributed by atoms with Crippen molar-refractivity contribution in [1.29, 1.82) is 0 Å². The van der Waals surface area contributed by atoms with Crippen molar-refractivity contribution in [2.75, 3.05) is 5.32 Å². The highest BCUT2D eigenvalue weighted by atomic mass is 16.2. The highest BCUT2D eigenvalue weighted by molar-refractivity contribution is 5.98. The van der Waals surface area contributed by atoms with E-state index in [0.717, 1.165) is 6.42 Å². The molecule has 3 atom stereocenters. The van der Waals surface area contributed by atoms with Gasteiger partial charge in [-0.15, -0.1) is 0 Å². The first-order chi connectivity index (χ1) is 9.45. The molecule has 1 unspecified atom stereocenters. The van der Waals surface area contributed by atoms with Crippen molar-refractivity contribution in [3.63, 3.8) is 0 Å². The van der Waals surface area contributed by atoms with Crippen molar-refractivity contribution < 1.29 is 9.59 Å². The number of carbonyl (C=O) groups excluding carboxylic acids is 2. The second kappa shape index (κ2) is 4.43. The van der Waals surface area contributed by atoms with Crippen molar-refractivity contribution in [2.45, 2.75) is 26.2 Å². The van der Waals surface area contributed by atoms with E-state index in [1.807, 2.05) is 0 Å². The molecule has 3 rings (SSSR count). The van der Waals surface area contributed by atoms with Crippen molar-refractivity contribution in [3.8, 4) is 0 Å². The molecular weight excluding hydrogens is 262 g/mol. The van der Waals surface area contributed by atoms with E-state index in [0.29, 0.717) is 24.5 Å². The minimum atomic E-state index is -0.630. The normalized spacial score (nSPS) is 27.9. The number of nitrogens with one attached hydrogen (secondary N) is 3. The quantitative estimate of drug-likeness (QED) is 0.702. The van der Waals surface area contributed by atoms with E-state index in [2.05, 4.69) is 15.3 Å². The number of aromatic nitrogens is 2. The number of aryl methyl sites for hydroxylation is 1. The molecule has 0 saturated heterocycles. The van der Waals surface area contributed by atoms with Crippen LogP contribution in [0.2, 0.25) is 0 Å². The van der Waals surface area contributed by atoms with Gasteiger partial charge in [-0.2, -0.15) is 0 Å². The second-order valence-electron chi connectivity index (χ2n) is 5.62. The summed E-state index contributed by atoms with van der Waals surface area (Å²) in [5.41, 5.74) is -0.888. The lowest BCUT2D eigenvalue weighted by Gasteiger charge is -2.20. The molecule has 2 aliphatic rings. The first kappa shape index (κ1) is 12.8. The van der Waals surface area contributed by atoms with Crippen LogP contribution in [0.1, 0.15) is 25.0 Å². The Morgan fingerprint density at radius 3 is 2.55 bits per heavy atom. The molecule has 0 spiro atoms. The van der Waals surface area contributed by atoms with E-state index in [-0.39, 0.29) is 29.2 Å². The minimum absolute atomic E-state index is 0.0461. The minimum Gasteiger partial charge on any atom is -0.320 e. The Labute approximate surface area is 113 Å². The van der Waals surface area contributed by atoms with Crippen LogP contribution in [0.15, 0.2) is 9.59 Å². The first-order valence-electron chi connectivity index (χ1n) is 6.62. The molecule has 1 aromatic rings. The molecule has 2 aliphatic carbocycles. The van der Waals surface area contributed by atoms with Crippen LogP contribution in [0.4, 0.5) is 5.69 Å². The fourth-order valence-corrected chi connectivity index (χ4v) is 3.36. The molecule has 0 aliphatic heterocycles. The monoisotopic (exact) mass is 277 g/mol. The highest BCUT2D eigenvalue weighted by Crippen LogP contribution is 2.46. The van der Waals surface area contributed by atoms with Crippen LogP contribution in [0.5, 0.6) is 0 Å². The molecule has 2 bridgehead atoms. The van der Waals surface area contributed by atoms with Crippen molar-refractivity contribution in [3.05, 3.63) is 26.5 Å². The number of ketones is 1. The second-order valence-corrected chi connectivity index (χ2v) is 5.62. The van der Waals surface area contributed by atoms with Crippen LogP contribution in [0.25, 0.3) is 0 Å². The van der Waals surface area contributed by atoms with E-state index in [9.17, 15) is 19.2 Å². The summed E-state index contributed by atoms with van der Waals surface area (Å²) < 4.78 is 0. The molecule has 0 aromatic carbocycles. The van der Waals surface area contributed by atoms with E-state index in [4.69, 9.17) is 0 Å².